The van der Waals surface area contributed by atoms with Crippen LogP contribution in [0.1, 0.15) is 29.1 Å². The standard InChI is InChI=1S/C15H19N5O3/c1-10-8-12(18-23-10)14(21)17-11-4-3-6-20(9-11)13-15(22)19(2)7-5-16-13/h5,7-8,11H,3-4,6,9H2,1-2H3,(H,17,21)/t11-/m1/s1. The number of nitrogens with one attached hydrogen (secondary N) is 1. The maximum absolute atomic E-state index is 12.2. The van der Waals surface area contributed by atoms with Gasteiger partial charge in [0, 0.05) is 44.6 Å². The molecular weight excluding hydrogens is 298 g/mol. The van der Waals surface area contributed by atoms with Gasteiger partial charge in [-0.2, -0.15) is 0 Å². The van der Waals surface area contributed by atoms with Crippen LogP contribution in [0.5, 0.6) is 0 Å². The molecule has 0 radical (unpaired) electrons. The molecule has 122 valence electrons. The Kier molecular flexibility index (Phi) is 4.14. The number of piperidine rings is 1. The summed E-state index contributed by atoms with van der Waals surface area (Å²) in [5.41, 5.74) is 0.139. The van der Waals surface area contributed by atoms with Crippen LogP contribution < -0.4 is 15.8 Å². The van der Waals surface area contributed by atoms with E-state index in [1.807, 2.05) is 4.90 Å². The molecule has 1 fully saturated rings. The molecule has 0 saturated carbocycles. The summed E-state index contributed by atoms with van der Waals surface area (Å²) in [5, 5.41) is 6.66. The highest BCUT2D eigenvalue weighted by molar-refractivity contribution is 5.92. The van der Waals surface area contributed by atoms with Gasteiger partial charge in [0.05, 0.1) is 0 Å². The SMILES string of the molecule is Cc1cc(C(=O)N[C@@H]2CCCN(c3nccn(C)c3=O)C2)no1. The van der Waals surface area contributed by atoms with Gasteiger partial charge in [0.2, 0.25) is 0 Å². The van der Waals surface area contributed by atoms with Crippen molar-refractivity contribution < 1.29 is 9.32 Å². The van der Waals surface area contributed by atoms with Crippen molar-refractivity contribution in [3.8, 4) is 0 Å². The van der Waals surface area contributed by atoms with Crippen molar-refractivity contribution in [1.82, 2.24) is 20.0 Å². The van der Waals surface area contributed by atoms with E-state index < -0.39 is 0 Å². The molecule has 0 bridgehead atoms. The molecule has 1 aliphatic rings. The van der Waals surface area contributed by atoms with E-state index in [2.05, 4.69) is 15.5 Å². The van der Waals surface area contributed by atoms with E-state index in [1.54, 1.807) is 32.4 Å². The normalized spacial score (nSPS) is 18.0. The van der Waals surface area contributed by atoms with Gasteiger partial charge in [-0.15, -0.1) is 0 Å². The third kappa shape index (κ3) is 3.25. The lowest BCUT2D eigenvalue weighted by molar-refractivity contribution is 0.0924. The fraction of sp³-hybridized carbons (Fsp3) is 0.467. The van der Waals surface area contributed by atoms with Gasteiger partial charge in [-0.25, -0.2) is 4.98 Å². The minimum absolute atomic E-state index is 0.0556. The Balaban J connectivity index is 1.70. The lowest BCUT2D eigenvalue weighted by Crippen LogP contribution is -2.49. The Hall–Kier alpha value is -2.64. The molecule has 1 N–H and O–H groups in total. The zero-order valence-electron chi connectivity index (χ0n) is 13.2. The van der Waals surface area contributed by atoms with Crippen LogP contribution >= 0.6 is 0 Å². The van der Waals surface area contributed by atoms with Gasteiger partial charge in [-0.05, 0) is 19.8 Å². The van der Waals surface area contributed by atoms with Crippen molar-refractivity contribution in [1.29, 1.82) is 0 Å². The highest BCUT2D eigenvalue weighted by Gasteiger charge is 2.25. The molecule has 3 heterocycles. The second-order valence-electron chi connectivity index (χ2n) is 5.75. The molecule has 0 spiro atoms. The maximum Gasteiger partial charge on any atom is 0.293 e. The second-order valence-corrected chi connectivity index (χ2v) is 5.75. The molecule has 23 heavy (non-hydrogen) atoms. The molecule has 2 aromatic rings. The summed E-state index contributed by atoms with van der Waals surface area (Å²) in [6.45, 7) is 3.04. The maximum atomic E-state index is 12.2. The van der Waals surface area contributed by atoms with Crippen LogP contribution in [-0.2, 0) is 7.05 Å². The van der Waals surface area contributed by atoms with E-state index in [0.717, 1.165) is 19.4 Å². The number of aryl methyl sites for hydroxylation is 2. The first kappa shape index (κ1) is 15.3. The smallest absolute Gasteiger partial charge is 0.293 e. The lowest BCUT2D eigenvalue weighted by atomic mass is 10.1. The predicted octanol–water partition coefficient (Wildman–Crippen LogP) is 0.476. The van der Waals surface area contributed by atoms with Crippen LogP contribution in [0.15, 0.2) is 27.8 Å². The topological polar surface area (TPSA) is 93.3 Å². The zero-order chi connectivity index (χ0) is 16.4. The number of rotatable bonds is 3. The predicted molar refractivity (Wildman–Crippen MR) is 83.4 cm³/mol. The highest BCUT2D eigenvalue weighted by Crippen LogP contribution is 2.15. The number of hydrogen-bond donors (Lipinski definition) is 1. The van der Waals surface area contributed by atoms with Gasteiger partial charge in [0.1, 0.15) is 5.76 Å². The summed E-state index contributed by atoms with van der Waals surface area (Å²) in [6.07, 6.45) is 4.97. The van der Waals surface area contributed by atoms with Crippen molar-refractivity contribution in [3.63, 3.8) is 0 Å². The third-order valence-corrected chi connectivity index (χ3v) is 3.92. The molecule has 0 aromatic carbocycles. The summed E-state index contributed by atoms with van der Waals surface area (Å²) in [5.74, 6) is 0.756. The Morgan fingerprint density at radius 1 is 1.48 bits per heavy atom. The van der Waals surface area contributed by atoms with E-state index in [9.17, 15) is 9.59 Å². The molecule has 0 aliphatic carbocycles. The molecule has 8 nitrogen and oxygen atoms in total. The lowest BCUT2D eigenvalue weighted by Gasteiger charge is -2.33. The summed E-state index contributed by atoms with van der Waals surface area (Å²) in [7, 11) is 1.70. The second kappa shape index (κ2) is 6.23. The van der Waals surface area contributed by atoms with Crippen molar-refractivity contribution >= 4 is 11.7 Å². The molecular formula is C15H19N5O3. The number of amides is 1. The van der Waals surface area contributed by atoms with Gasteiger partial charge in [0.15, 0.2) is 11.5 Å². The molecule has 1 saturated heterocycles. The molecule has 0 unspecified atom stereocenters. The molecule has 8 heteroatoms. The van der Waals surface area contributed by atoms with E-state index >= 15 is 0 Å². The number of carbonyl (C=O) groups excluding carboxylic acids is 1. The fourth-order valence-electron chi connectivity index (χ4n) is 2.72. The summed E-state index contributed by atoms with van der Waals surface area (Å²) < 4.78 is 6.42. The number of aromatic nitrogens is 3. The van der Waals surface area contributed by atoms with Crippen LogP contribution in [0.4, 0.5) is 5.82 Å². The first-order chi connectivity index (χ1) is 11.0. The van der Waals surface area contributed by atoms with E-state index in [-0.39, 0.29) is 23.2 Å². The molecule has 3 rings (SSSR count). The van der Waals surface area contributed by atoms with Crippen molar-refractivity contribution in [3.05, 3.63) is 40.3 Å². The number of nitrogens with zero attached hydrogens (tertiary/aromatic N) is 4. The first-order valence-corrected chi connectivity index (χ1v) is 7.55. The van der Waals surface area contributed by atoms with E-state index in [1.165, 1.54) is 4.57 Å². The Labute approximate surface area is 133 Å². The summed E-state index contributed by atoms with van der Waals surface area (Å²) >= 11 is 0. The largest absolute Gasteiger partial charge is 0.361 e. The Morgan fingerprint density at radius 2 is 2.30 bits per heavy atom. The van der Waals surface area contributed by atoms with Gasteiger partial charge >= 0.3 is 0 Å². The van der Waals surface area contributed by atoms with E-state index in [0.29, 0.717) is 18.1 Å². The average molecular weight is 317 g/mol. The van der Waals surface area contributed by atoms with Gasteiger partial charge in [-0.1, -0.05) is 5.16 Å². The zero-order valence-corrected chi connectivity index (χ0v) is 13.2. The number of anilines is 1. The van der Waals surface area contributed by atoms with Crippen LogP contribution in [0.2, 0.25) is 0 Å². The molecule has 2 aromatic heterocycles. The van der Waals surface area contributed by atoms with Crippen LogP contribution in [0.25, 0.3) is 0 Å². The third-order valence-electron chi connectivity index (χ3n) is 3.92. The average Bonchev–Trinajstić information content (AvgIpc) is 2.97. The molecule has 1 amide bonds. The van der Waals surface area contributed by atoms with Crippen LogP contribution in [-0.4, -0.2) is 39.7 Å². The molecule has 1 aliphatic heterocycles. The van der Waals surface area contributed by atoms with Gasteiger partial charge < -0.3 is 19.3 Å². The van der Waals surface area contributed by atoms with Gasteiger partial charge in [0.25, 0.3) is 11.5 Å². The van der Waals surface area contributed by atoms with E-state index in [4.69, 9.17) is 4.52 Å². The first-order valence-electron chi connectivity index (χ1n) is 7.55. The highest BCUT2D eigenvalue weighted by atomic mass is 16.5. The van der Waals surface area contributed by atoms with Crippen LogP contribution in [0, 0.1) is 6.92 Å². The van der Waals surface area contributed by atoms with Crippen molar-refractivity contribution in [2.24, 2.45) is 7.05 Å². The quantitative estimate of drug-likeness (QED) is 0.885. The summed E-state index contributed by atoms with van der Waals surface area (Å²) in [6, 6.07) is 1.55. The molecule has 1 atom stereocenters. The number of hydrogen-bond acceptors (Lipinski definition) is 6. The monoisotopic (exact) mass is 317 g/mol. The van der Waals surface area contributed by atoms with Crippen molar-refractivity contribution in [2.45, 2.75) is 25.8 Å². The van der Waals surface area contributed by atoms with Crippen molar-refractivity contribution in [2.75, 3.05) is 18.0 Å². The minimum atomic E-state index is -0.261. The van der Waals surface area contributed by atoms with Crippen LogP contribution in [0.3, 0.4) is 0 Å². The summed E-state index contributed by atoms with van der Waals surface area (Å²) in [4.78, 5) is 30.4. The number of carbonyl (C=O) groups is 1. The fourth-order valence-corrected chi connectivity index (χ4v) is 2.72. The minimum Gasteiger partial charge on any atom is -0.361 e. The Bertz CT molecular complexity index is 766. The Morgan fingerprint density at radius 3 is 3.04 bits per heavy atom. The van der Waals surface area contributed by atoms with Gasteiger partial charge in [-0.3, -0.25) is 9.59 Å².